The molecule has 0 bridgehead atoms. The number of fused-ring (bicyclic) bond motifs is 1. The third-order valence-electron chi connectivity index (χ3n) is 6.21. The highest BCUT2D eigenvalue weighted by atomic mass is 16.1. The highest BCUT2D eigenvalue weighted by Gasteiger charge is 2.42. The summed E-state index contributed by atoms with van der Waals surface area (Å²) < 4.78 is 3.85. The van der Waals surface area contributed by atoms with E-state index in [0.717, 1.165) is 60.3 Å². The Balaban J connectivity index is 1.60. The number of nitrogens with two attached hydrogens (primary N) is 1. The van der Waals surface area contributed by atoms with Gasteiger partial charge in [-0.1, -0.05) is 0 Å². The van der Waals surface area contributed by atoms with Crippen molar-refractivity contribution in [3.05, 3.63) is 35.7 Å². The van der Waals surface area contributed by atoms with Crippen molar-refractivity contribution in [2.75, 3.05) is 13.6 Å². The Labute approximate surface area is 185 Å². The van der Waals surface area contributed by atoms with Crippen molar-refractivity contribution in [2.24, 2.45) is 11.1 Å². The minimum Gasteiger partial charge on any atom is -0.366 e. The number of aryl methyl sites for hydroxylation is 2. The molecule has 1 saturated carbocycles. The predicted molar refractivity (Wildman–Crippen MR) is 121 cm³/mol. The van der Waals surface area contributed by atoms with Gasteiger partial charge in [0, 0.05) is 41.6 Å². The second-order valence-corrected chi connectivity index (χ2v) is 8.65. The Bertz CT molecular complexity index is 1310. The van der Waals surface area contributed by atoms with Crippen LogP contribution in [-0.4, -0.2) is 54.2 Å². The number of hydrogen-bond donors (Lipinski definition) is 3. The summed E-state index contributed by atoms with van der Waals surface area (Å²) in [5, 5.41) is 20.8. The summed E-state index contributed by atoms with van der Waals surface area (Å²) in [5.74, 6) is 0.622. The molecule has 1 fully saturated rings. The largest absolute Gasteiger partial charge is 0.366 e. The Kier molecular flexibility index (Phi) is 4.81. The summed E-state index contributed by atoms with van der Waals surface area (Å²) in [5.41, 5.74) is 9.64. The Morgan fingerprint density at radius 3 is 2.78 bits per heavy atom. The molecule has 10 heteroatoms. The Morgan fingerprint density at radius 1 is 1.28 bits per heavy atom. The van der Waals surface area contributed by atoms with Crippen molar-refractivity contribution in [3.8, 4) is 22.9 Å². The first-order chi connectivity index (χ1) is 15.4. The fourth-order valence-electron chi connectivity index (χ4n) is 4.36. The number of carbonyl (C=O) groups is 1. The number of nitrogens with zero attached hydrogens (tertiary/aromatic N) is 6. The number of rotatable bonds is 8. The van der Waals surface area contributed by atoms with Crippen LogP contribution in [0, 0.1) is 12.3 Å². The Hall–Kier alpha value is -3.53. The van der Waals surface area contributed by atoms with Gasteiger partial charge in [-0.25, -0.2) is 4.98 Å². The van der Waals surface area contributed by atoms with Crippen molar-refractivity contribution in [1.29, 1.82) is 0 Å². The van der Waals surface area contributed by atoms with E-state index in [-0.39, 0.29) is 5.41 Å². The lowest BCUT2D eigenvalue weighted by Crippen LogP contribution is -2.25. The highest BCUT2D eigenvalue weighted by molar-refractivity contribution is 6.02. The molecule has 1 aliphatic rings. The maximum Gasteiger partial charge on any atom is 0.248 e. The van der Waals surface area contributed by atoms with Crippen LogP contribution in [0.2, 0.25) is 0 Å². The molecular weight excluding hydrogens is 406 g/mol. The third-order valence-corrected chi connectivity index (χ3v) is 6.21. The molecule has 0 atom stereocenters. The molecule has 0 spiro atoms. The molecule has 1 aliphatic carbocycles. The summed E-state index contributed by atoms with van der Waals surface area (Å²) in [6.45, 7) is 6.42. The molecule has 0 aliphatic heterocycles. The van der Waals surface area contributed by atoms with Crippen LogP contribution in [0.1, 0.15) is 35.8 Å². The number of aromatic nitrogens is 7. The standard InChI is InChI=1S/C22H27N9O/c1-4-30-18(7-13(2)29-30)21-26-20(27-28-21)15-8-14(19(23)32)9-17-16(15)10-25-31(17)12-22(5-6-22)11-24-3/h7-10,24H,4-6,11-12H2,1-3H3,(H2,23,32)(H,26,27,28). The van der Waals surface area contributed by atoms with Crippen LogP contribution in [0.15, 0.2) is 24.4 Å². The Morgan fingerprint density at radius 2 is 2.09 bits per heavy atom. The number of H-pyrrole nitrogens is 1. The van der Waals surface area contributed by atoms with E-state index in [2.05, 4.69) is 25.7 Å². The fourth-order valence-corrected chi connectivity index (χ4v) is 4.36. The minimum atomic E-state index is -0.493. The normalized spacial score (nSPS) is 14.8. The van der Waals surface area contributed by atoms with Gasteiger partial charge in [-0.15, -0.1) is 0 Å². The van der Waals surface area contributed by atoms with Crippen LogP contribution >= 0.6 is 0 Å². The van der Waals surface area contributed by atoms with E-state index >= 15 is 0 Å². The molecule has 0 radical (unpaired) electrons. The highest BCUT2D eigenvalue weighted by Crippen LogP contribution is 2.47. The second-order valence-electron chi connectivity index (χ2n) is 8.65. The van der Waals surface area contributed by atoms with Crippen LogP contribution in [0.25, 0.3) is 33.8 Å². The molecule has 5 rings (SSSR count). The lowest BCUT2D eigenvalue weighted by molar-refractivity contribution is 0.100. The van der Waals surface area contributed by atoms with Crippen LogP contribution in [0.5, 0.6) is 0 Å². The van der Waals surface area contributed by atoms with Crippen LogP contribution in [0.4, 0.5) is 0 Å². The van der Waals surface area contributed by atoms with Gasteiger partial charge in [0.05, 0.1) is 17.4 Å². The van der Waals surface area contributed by atoms with Gasteiger partial charge in [0.1, 0.15) is 5.69 Å². The van der Waals surface area contributed by atoms with E-state index in [1.54, 1.807) is 6.07 Å². The molecule has 1 aromatic carbocycles. The predicted octanol–water partition coefficient (Wildman–Crippen LogP) is 2.11. The minimum absolute atomic E-state index is 0.213. The van der Waals surface area contributed by atoms with Crippen LogP contribution < -0.4 is 11.1 Å². The molecule has 10 nitrogen and oxygen atoms in total. The fraction of sp³-hybridized carbons (Fsp3) is 0.409. The molecular formula is C22H27N9O. The van der Waals surface area contributed by atoms with E-state index in [1.807, 2.05) is 48.6 Å². The van der Waals surface area contributed by atoms with Gasteiger partial charge in [-0.3, -0.25) is 19.3 Å². The summed E-state index contributed by atoms with van der Waals surface area (Å²) in [6, 6.07) is 5.53. The zero-order chi connectivity index (χ0) is 22.5. The van der Waals surface area contributed by atoms with Gasteiger partial charge < -0.3 is 11.1 Å². The first kappa shape index (κ1) is 20.4. The number of primary amides is 1. The quantitative estimate of drug-likeness (QED) is 0.390. The molecule has 3 aromatic heterocycles. The van der Waals surface area contributed by atoms with Crippen molar-refractivity contribution >= 4 is 16.8 Å². The van der Waals surface area contributed by atoms with Gasteiger partial charge in [-0.05, 0) is 51.9 Å². The lowest BCUT2D eigenvalue weighted by atomic mass is 10.0. The summed E-state index contributed by atoms with van der Waals surface area (Å²) in [4.78, 5) is 16.8. The van der Waals surface area contributed by atoms with Gasteiger partial charge in [-0.2, -0.15) is 15.3 Å². The SMILES string of the molecule is CCn1nc(C)cc1-c1nc(-c2cc(C(N)=O)cc3c2cnn3CC2(CNC)CC2)n[nH]1. The number of hydrogen-bond acceptors (Lipinski definition) is 6. The van der Waals surface area contributed by atoms with E-state index in [4.69, 9.17) is 10.7 Å². The van der Waals surface area contributed by atoms with E-state index < -0.39 is 5.91 Å². The average molecular weight is 434 g/mol. The second kappa shape index (κ2) is 7.56. The maximum atomic E-state index is 12.1. The first-order valence-corrected chi connectivity index (χ1v) is 10.8. The van der Waals surface area contributed by atoms with E-state index in [9.17, 15) is 4.79 Å². The van der Waals surface area contributed by atoms with Crippen molar-refractivity contribution < 1.29 is 4.79 Å². The molecule has 3 heterocycles. The summed E-state index contributed by atoms with van der Waals surface area (Å²) in [6.07, 6.45) is 4.14. The number of amides is 1. The van der Waals surface area contributed by atoms with Gasteiger partial charge in [0.15, 0.2) is 11.6 Å². The number of nitrogens with one attached hydrogen (secondary N) is 2. The van der Waals surface area contributed by atoms with E-state index in [1.165, 1.54) is 0 Å². The van der Waals surface area contributed by atoms with Gasteiger partial charge >= 0.3 is 0 Å². The molecule has 32 heavy (non-hydrogen) atoms. The molecule has 4 aromatic rings. The molecule has 4 N–H and O–H groups in total. The summed E-state index contributed by atoms with van der Waals surface area (Å²) in [7, 11) is 1.97. The number of aromatic amines is 1. The smallest absolute Gasteiger partial charge is 0.248 e. The third kappa shape index (κ3) is 3.46. The topological polar surface area (TPSA) is 132 Å². The first-order valence-electron chi connectivity index (χ1n) is 10.8. The summed E-state index contributed by atoms with van der Waals surface area (Å²) >= 11 is 0. The van der Waals surface area contributed by atoms with Crippen LogP contribution in [-0.2, 0) is 13.1 Å². The molecule has 0 saturated heterocycles. The average Bonchev–Trinajstić information content (AvgIpc) is 3.13. The number of benzene rings is 1. The molecule has 0 unspecified atom stereocenters. The van der Waals surface area contributed by atoms with Crippen molar-refractivity contribution in [2.45, 2.75) is 39.8 Å². The lowest BCUT2D eigenvalue weighted by Gasteiger charge is -2.15. The zero-order valence-electron chi connectivity index (χ0n) is 18.5. The molecule has 1 amide bonds. The number of carbonyl (C=O) groups excluding carboxylic acids is 1. The monoisotopic (exact) mass is 433 g/mol. The van der Waals surface area contributed by atoms with Gasteiger partial charge in [0.25, 0.3) is 0 Å². The molecule has 166 valence electrons. The van der Waals surface area contributed by atoms with Crippen LogP contribution in [0.3, 0.4) is 0 Å². The zero-order valence-corrected chi connectivity index (χ0v) is 18.5. The maximum absolute atomic E-state index is 12.1. The van der Waals surface area contributed by atoms with Crippen molar-refractivity contribution in [1.82, 2.24) is 40.1 Å². The van der Waals surface area contributed by atoms with E-state index in [0.29, 0.717) is 17.2 Å². The van der Waals surface area contributed by atoms with Crippen molar-refractivity contribution in [3.63, 3.8) is 0 Å². The van der Waals surface area contributed by atoms with Gasteiger partial charge in [0.2, 0.25) is 5.91 Å².